The summed E-state index contributed by atoms with van der Waals surface area (Å²) in [6.45, 7) is 2.72. The van der Waals surface area contributed by atoms with Crippen LogP contribution >= 0.6 is 0 Å². The van der Waals surface area contributed by atoms with Crippen LogP contribution in [-0.2, 0) is 6.54 Å². The highest BCUT2D eigenvalue weighted by Gasteiger charge is 2.12. The molecule has 2 aromatic carbocycles. The van der Waals surface area contributed by atoms with Gasteiger partial charge in [0.1, 0.15) is 5.58 Å². The second-order valence-electron chi connectivity index (χ2n) is 6.65. The molecule has 0 aliphatic heterocycles. The number of pyridine rings is 1. The molecule has 0 aliphatic rings. The Kier molecular flexibility index (Phi) is 4.47. The SMILES string of the molecule is Cc1ccccc1-c1cc(=O)oc2cc(N(C)Cc3ccccn3)ccc12. The Bertz CT molecular complexity index is 1150. The monoisotopic (exact) mass is 356 g/mol. The summed E-state index contributed by atoms with van der Waals surface area (Å²) < 4.78 is 5.51. The fourth-order valence-electron chi connectivity index (χ4n) is 3.31. The molecule has 134 valence electrons. The third-order valence-electron chi connectivity index (χ3n) is 4.73. The van der Waals surface area contributed by atoms with E-state index < -0.39 is 0 Å². The summed E-state index contributed by atoms with van der Waals surface area (Å²) in [4.78, 5) is 18.6. The molecule has 0 atom stereocenters. The maximum absolute atomic E-state index is 12.2. The minimum Gasteiger partial charge on any atom is -0.423 e. The molecule has 0 saturated carbocycles. The number of anilines is 1. The fraction of sp³-hybridized carbons (Fsp3) is 0.130. The second-order valence-corrected chi connectivity index (χ2v) is 6.65. The van der Waals surface area contributed by atoms with E-state index >= 15 is 0 Å². The topological polar surface area (TPSA) is 46.3 Å². The van der Waals surface area contributed by atoms with Crippen LogP contribution in [0.1, 0.15) is 11.3 Å². The molecule has 27 heavy (non-hydrogen) atoms. The molecule has 2 heterocycles. The summed E-state index contributed by atoms with van der Waals surface area (Å²) in [5.74, 6) is 0. The van der Waals surface area contributed by atoms with E-state index in [0.29, 0.717) is 12.1 Å². The summed E-state index contributed by atoms with van der Waals surface area (Å²) in [5.41, 5.74) is 5.27. The van der Waals surface area contributed by atoms with Gasteiger partial charge in [-0.2, -0.15) is 0 Å². The molecule has 0 saturated heterocycles. The van der Waals surface area contributed by atoms with Gasteiger partial charge in [0.05, 0.1) is 12.2 Å². The molecule has 0 amide bonds. The van der Waals surface area contributed by atoms with E-state index in [0.717, 1.165) is 33.5 Å². The lowest BCUT2D eigenvalue weighted by molar-refractivity contribution is 0.561. The first-order valence-electron chi connectivity index (χ1n) is 8.87. The number of aromatic nitrogens is 1. The van der Waals surface area contributed by atoms with Crippen molar-refractivity contribution in [3.63, 3.8) is 0 Å². The van der Waals surface area contributed by atoms with Gasteiger partial charge in [-0.05, 0) is 42.3 Å². The van der Waals surface area contributed by atoms with Crippen molar-refractivity contribution in [2.24, 2.45) is 0 Å². The molecule has 0 spiro atoms. The minimum absolute atomic E-state index is 0.342. The first kappa shape index (κ1) is 17.0. The number of fused-ring (bicyclic) bond motifs is 1. The van der Waals surface area contributed by atoms with Crippen LogP contribution in [0.2, 0.25) is 0 Å². The van der Waals surface area contributed by atoms with Crippen LogP contribution in [0.25, 0.3) is 22.1 Å². The molecule has 4 nitrogen and oxygen atoms in total. The van der Waals surface area contributed by atoms with Crippen molar-refractivity contribution in [3.05, 3.63) is 94.6 Å². The molecule has 0 aliphatic carbocycles. The Balaban J connectivity index is 1.77. The molecule has 0 radical (unpaired) electrons. The molecule has 0 N–H and O–H groups in total. The molecular formula is C23H20N2O2. The zero-order valence-electron chi connectivity index (χ0n) is 15.3. The van der Waals surface area contributed by atoms with E-state index in [9.17, 15) is 4.79 Å². The minimum atomic E-state index is -0.342. The van der Waals surface area contributed by atoms with Gasteiger partial charge >= 0.3 is 5.63 Å². The van der Waals surface area contributed by atoms with Crippen LogP contribution in [-0.4, -0.2) is 12.0 Å². The Labute approximate surface area is 157 Å². The maximum Gasteiger partial charge on any atom is 0.336 e. The molecule has 0 fully saturated rings. The van der Waals surface area contributed by atoms with Gasteiger partial charge in [0.15, 0.2) is 0 Å². The summed E-state index contributed by atoms with van der Waals surface area (Å²) in [7, 11) is 2.00. The summed E-state index contributed by atoms with van der Waals surface area (Å²) in [5, 5.41) is 0.930. The van der Waals surface area contributed by atoms with Crippen molar-refractivity contribution in [2.75, 3.05) is 11.9 Å². The Morgan fingerprint density at radius 1 is 0.963 bits per heavy atom. The largest absolute Gasteiger partial charge is 0.423 e. The molecule has 4 aromatic rings. The van der Waals surface area contributed by atoms with Crippen molar-refractivity contribution < 1.29 is 4.42 Å². The first-order valence-corrected chi connectivity index (χ1v) is 8.87. The summed E-state index contributed by atoms with van der Waals surface area (Å²) >= 11 is 0. The fourth-order valence-corrected chi connectivity index (χ4v) is 3.31. The highest BCUT2D eigenvalue weighted by Crippen LogP contribution is 2.31. The van der Waals surface area contributed by atoms with E-state index in [2.05, 4.69) is 9.88 Å². The smallest absolute Gasteiger partial charge is 0.336 e. The van der Waals surface area contributed by atoms with E-state index in [1.807, 2.05) is 74.6 Å². The predicted octanol–water partition coefficient (Wildman–Crippen LogP) is 4.80. The number of benzene rings is 2. The average Bonchev–Trinajstić information content (AvgIpc) is 2.68. The van der Waals surface area contributed by atoms with E-state index in [1.54, 1.807) is 12.3 Å². The number of hydrogen-bond donors (Lipinski definition) is 0. The van der Waals surface area contributed by atoms with Crippen molar-refractivity contribution in [3.8, 4) is 11.1 Å². The molecule has 4 rings (SSSR count). The number of aryl methyl sites for hydroxylation is 1. The normalized spacial score (nSPS) is 10.9. The van der Waals surface area contributed by atoms with Crippen molar-refractivity contribution in [1.82, 2.24) is 4.98 Å². The second kappa shape index (κ2) is 7.08. The number of hydrogen-bond acceptors (Lipinski definition) is 4. The van der Waals surface area contributed by atoms with Gasteiger partial charge in [-0.25, -0.2) is 4.79 Å². The van der Waals surface area contributed by atoms with Crippen LogP contribution in [0.15, 0.2) is 82.1 Å². The lowest BCUT2D eigenvalue weighted by atomic mass is 9.98. The average molecular weight is 356 g/mol. The Morgan fingerprint density at radius 2 is 1.78 bits per heavy atom. The lowest BCUT2D eigenvalue weighted by Crippen LogP contribution is -2.17. The molecule has 0 bridgehead atoms. The lowest BCUT2D eigenvalue weighted by Gasteiger charge is -2.19. The third kappa shape index (κ3) is 3.47. The van der Waals surface area contributed by atoms with Gasteiger partial charge in [0.2, 0.25) is 0 Å². The van der Waals surface area contributed by atoms with E-state index in [-0.39, 0.29) is 5.63 Å². The van der Waals surface area contributed by atoms with Crippen LogP contribution in [0.5, 0.6) is 0 Å². The van der Waals surface area contributed by atoms with Crippen molar-refractivity contribution >= 4 is 16.7 Å². The first-order chi connectivity index (χ1) is 13.1. The Hall–Kier alpha value is -3.40. The van der Waals surface area contributed by atoms with Gasteiger partial charge in [0.25, 0.3) is 0 Å². The summed E-state index contributed by atoms with van der Waals surface area (Å²) in [6.07, 6.45) is 1.79. The van der Waals surface area contributed by atoms with Crippen LogP contribution < -0.4 is 10.5 Å². The van der Waals surface area contributed by atoms with Crippen molar-refractivity contribution in [2.45, 2.75) is 13.5 Å². The predicted molar refractivity (Wildman–Crippen MR) is 109 cm³/mol. The molecule has 0 unspecified atom stereocenters. The molecule has 4 heteroatoms. The highest BCUT2D eigenvalue weighted by molar-refractivity contribution is 5.95. The molecular weight excluding hydrogens is 336 g/mol. The third-order valence-corrected chi connectivity index (χ3v) is 4.73. The van der Waals surface area contributed by atoms with E-state index in [4.69, 9.17) is 4.42 Å². The summed E-state index contributed by atoms with van der Waals surface area (Å²) in [6, 6.07) is 21.5. The van der Waals surface area contributed by atoms with Gasteiger partial charge in [-0.15, -0.1) is 0 Å². The highest BCUT2D eigenvalue weighted by atomic mass is 16.4. The quantitative estimate of drug-likeness (QED) is 0.493. The maximum atomic E-state index is 12.2. The van der Waals surface area contributed by atoms with Crippen molar-refractivity contribution in [1.29, 1.82) is 0 Å². The number of rotatable bonds is 4. The standard InChI is InChI=1S/C23H20N2O2/c1-16-7-3-4-9-19(16)21-14-23(26)27-22-13-18(10-11-20(21)22)25(2)15-17-8-5-6-12-24-17/h3-14H,15H2,1-2H3. The zero-order chi connectivity index (χ0) is 18.8. The van der Waals surface area contributed by atoms with Crippen LogP contribution in [0, 0.1) is 6.92 Å². The van der Waals surface area contributed by atoms with Gasteiger partial charge in [-0.3, -0.25) is 4.98 Å². The molecule has 2 aromatic heterocycles. The van der Waals surface area contributed by atoms with Gasteiger partial charge < -0.3 is 9.32 Å². The number of nitrogens with zero attached hydrogens (tertiary/aromatic N) is 2. The van der Waals surface area contributed by atoms with Crippen LogP contribution in [0.3, 0.4) is 0 Å². The Morgan fingerprint density at radius 3 is 2.56 bits per heavy atom. The van der Waals surface area contributed by atoms with Gasteiger partial charge in [-0.1, -0.05) is 30.3 Å². The van der Waals surface area contributed by atoms with E-state index in [1.165, 1.54) is 0 Å². The zero-order valence-corrected chi connectivity index (χ0v) is 15.3. The van der Waals surface area contributed by atoms with Crippen LogP contribution in [0.4, 0.5) is 5.69 Å². The van der Waals surface area contributed by atoms with Gasteiger partial charge in [0, 0.05) is 42.0 Å².